The van der Waals surface area contributed by atoms with Crippen molar-refractivity contribution >= 4 is 11.6 Å². The van der Waals surface area contributed by atoms with Crippen LogP contribution in [0.4, 0.5) is 4.39 Å². The highest BCUT2D eigenvalue weighted by atomic mass is 35.5. The van der Waals surface area contributed by atoms with Crippen molar-refractivity contribution in [3.8, 4) is 0 Å². The molecule has 0 saturated heterocycles. The molecule has 122 valence electrons. The largest absolute Gasteiger partial charge is 0.311 e. The van der Waals surface area contributed by atoms with Crippen molar-refractivity contribution in [3.05, 3.63) is 104 Å². The van der Waals surface area contributed by atoms with Crippen LogP contribution in [-0.2, 0) is 13.1 Å². The number of halogens is 2. The van der Waals surface area contributed by atoms with Crippen LogP contribution in [-0.4, -0.2) is 9.13 Å². The van der Waals surface area contributed by atoms with Crippen molar-refractivity contribution in [1.29, 1.82) is 0 Å². The van der Waals surface area contributed by atoms with Gasteiger partial charge in [0.05, 0.1) is 13.1 Å². The molecule has 1 aromatic carbocycles. The molecule has 0 bridgehead atoms. The molecule has 24 heavy (non-hydrogen) atoms. The lowest BCUT2D eigenvalue weighted by molar-refractivity contribution is 0.592. The molecule has 0 fully saturated rings. The lowest BCUT2D eigenvalue weighted by atomic mass is 10.1. The van der Waals surface area contributed by atoms with Crippen LogP contribution < -0.4 is 11.1 Å². The van der Waals surface area contributed by atoms with Crippen LogP contribution >= 0.6 is 11.6 Å². The Balaban J connectivity index is 1.92. The lowest BCUT2D eigenvalue weighted by Gasteiger charge is -2.11. The van der Waals surface area contributed by atoms with E-state index < -0.39 is 5.82 Å². The van der Waals surface area contributed by atoms with E-state index in [9.17, 15) is 14.0 Å². The second kappa shape index (κ2) is 6.84. The smallest absolute Gasteiger partial charge is 0.250 e. The normalized spacial score (nSPS) is 10.8. The van der Waals surface area contributed by atoms with Crippen LogP contribution in [0.2, 0.25) is 5.02 Å². The van der Waals surface area contributed by atoms with Gasteiger partial charge in [0, 0.05) is 35.1 Å². The van der Waals surface area contributed by atoms with E-state index in [1.807, 2.05) is 0 Å². The van der Waals surface area contributed by atoms with Gasteiger partial charge in [-0.1, -0.05) is 23.7 Å². The molecule has 2 heterocycles. The molecule has 0 unspecified atom stereocenters. The molecule has 0 radical (unpaired) electrons. The van der Waals surface area contributed by atoms with Crippen LogP contribution in [0.1, 0.15) is 11.1 Å². The minimum Gasteiger partial charge on any atom is -0.311 e. The molecule has 3 aromatic rings. The molecular formula is C18H14ClFN2O2. The number of pyridine rings is 2. The Bertz CT molecular complexity index is 913. The zero-order valence-electron chi connectivity index (χ0n) is 12.7. The Morgan fingerprint density at radius 1 is 0.833 bits per heavy atom. The molecule has 3 rings (SSSR count). The summed E-state index contributed by atoms with van der Waals surface area (Å²) in [5.41, 5.74) is 0.422. The molecule has 0 amide bonds. The molecule has 6 heteroatoms. The molecule has 2 aromatic heterocycles. The number of rotatable bonds is 4. The molecule has 0 aliphatic rings. The summed E-state index contributed by atoms with van der Waals surface area (Å²) < 4.78 is 17.2. The predicted octanol–water partition coefficient (Wildman–Crippen LogP) is 2.90. The van der Waals surface area contributed by atoms with Crippen molar-refractivity contribution in [3.63, 3.8) is 0 Å². The van der Waals surface area contributed by atoms with Crippen LogP contribution in [0, 0.1) is 5.82 Å². The van der Waals surface area contributed by atoms with Crippen LogP contribution in [0.5, 0.6) is 0 Å². The summed E-state index contributed by atoms with van der Waals surface area (Å²) in [6.45, 7) is 0.276. The van der Waals surface area contributed by atoms with Crippen LogP contribution in [0.3, 0.4) is 0 Å². The summed E-state index contributed by atoms with van der Waals surface area (Å²) in [5.74, 6) is -0.464. The fraction of sp³-hybridized carbons (Fsp3) is 0.111. The predicted molar refractivity (Wildman–Crippen MR) is 91.0 cm³/mol. The Hall–Kier alpha value is -2.66. The Morgan fingerprint density at radius 3 is 1.92 bits per heavy atom. The van der Waals surface area contributed by atoms with Crippen LogP contribution in [0.25, 0.3) is 0 Å². The summed E-state index contributed by atoms with van der Waals surface area (Å²) >= 11 is 6.24. The molecule has 4 nitrogen and oxygen atoms in total. The van der Waals surface area contributed by atoms with Gasteiger partial charge in [0.15, 0.2) is 0 Å². The fourth-order valence-electron chi connectivity index (χ4n) is 2.42. The third kappa shape index (κ3) is 3.46. The number of benzene rings is 1. The zero-order valence-corrected chi connectivity index (χ0v) is 13.4. The van der Waals surface area contributed by atoms with E-state index in [-0.39, 0.29) is 24.2 Å². The Morgan fingerprint density at radius 2 is 1.38 bits per heavy atom. The zero-order chi connectivity index (χ0) is 17.1. The van der Waals surface area contributed by atoms with Crippen LogP contribution in [0.15, 0.2) is 70.5 Å². The average Bonchev–Trinajstić information content (AvgIpc) is 2.56. The highest BCUT2D eigenvalue weighted by molar-refractivity contribution is 6.31. The van der Waals surface area contributed by atoms with Gasteiger partial charge < -0.3 is 9.13 Å². The van der Waals surface area contributed by atoms with Gasteiger partial charge >= 0.3 is 0 Å². The summed E-state index contributed by atoms with van der Waals surface area (Å²) in [5, 5.41) is 0.353. The highest BCUT2D eigenvalue weighted by Crippen LogP contribution is 2.22. The summed E-state index contributed by atoms with van der Waals surface area (Å²) in [6, 6.07) is 12.4. The van der Waals surface area contributed by atoms with E-state index in [0.29, 0.717) is 16.1 Å². The number of hydrogen-bond acceptors (Lipinski definition) is 2. The first kappa shape index (κ1) is 16.2. The van der Waals surface area contributed by atoms with Gasteiger partial charge in [-0.3, -0.25) is 9.59 Å². The first-order chi connectivity index (χ1) is 11.5. The standard InChI is InChI=1S/C18H14ClFN2O2/c19-15-9-14(12-22-8-4-2-6-18(22)24)16(20)10-13(15)11-21-7-3-1-5-17(21)23/h1-10H,11-12H2. The molecular weight excluding hydrogens is 331 g/mol. The van der Waals surface area contributed by atoms with Gasteiger partial charge in [0.2, 0.25) is 0 Å². The Kier molecular flexibility index (Phi) is 4.62. The van der Waals surface area contributed by atoms with E-state index in [2.05, 4.69) is 0 Å². The SMILES string of the molecule is O=c1ccccn1Cc1cc(Cl)c(Cn2ccccc2=O)cc1F. The maximum absolute atomic E-state index is 14.4. The first-order valence-corrected chi connectivity index (χ1v) is 7.70. The Labute approximate surface area is 142 Å². The third-order valence-corrected chi connectivity index (χ3v) is 4.05. The lowest BCUT2D eigenvalue weighted by Crippen LogP contribution is -2.20. The second-order valence-corrected chi connectivity index (χ2v) is 5.78. The van der Waals surface area contributed by atoms with E-state index >= 15 is 0 Å². The van der Waals surface area contributed by atoms with Crippen molar-refractivity contribution in [2.24, 2.45) is 0 Å². The average molecular weight is 345 g/mol. The van der Waals surface area contributed by atoms with Gasteiger partial charge in [-0.25, -0.2) is 4.39 Å². The molecule has 0 saturated carbocycles. The van der Waals surface area contributed by atoms with E-state index in [4.69, 9.17) is 11.6 Å². The van der Waals surface area contributed by atoms with Gasteiger partial charge in [0.1, 0.15) is 5.82 Å². The minimum absolute atomic E-state index is 0.0940. The fourth-order valence-corrected chi connectivity index (χ4v) is 2.67. The van der Waals surface area contributed by atoms with Crippen molar-refractivity contribution in [2.45, 2.75) is 13.1 Å². The molecule has 0 N–H and O–H groups in total. The number of nitrogens with zero attached hydrogens (tertiary/aromatic N) is 2. The molecule has 0 atom stereocenters. The monoisotopic (exact) mass is 344 g/mol. The maximum atomic E-state index is 14.4. The van der Waals surface area contributed by atoms with Gasteiger partial charge in [-0.2, -0.15) is 0 Å². The quantitative estimate of drug-likeness (QED) is 0.730. The van der Waals surface area contributed by atoms with Gasteiger partial charge in [-0.15, -0.1) is 0 Å². The van der Waals surface area contributed by atoms with E-state index in [0.717, 1.165) is 0 Å². The summed E-state index contributed by atoms with van der Waals surface area (Å²) in [4.78, 5) is 23.5. The molecule has 0 spiro atoms. The third-order valence-electron chi connectivity index (χ3n) is 3.69. The van der Waals surface area contributed by atoms with E-state index in [1.54, 1.807) is 36.7 Å². The highest BCUT2D eigenvalue weighted by Gasteiger charge is 2.11. The first-order valence-electron chi connectivity index (χ1n) is 7.32. The van der Waals surface area contributed by atoms with Crippen molar-refractivity contribution in [2.75, 3.05) is 0 Å². The maximum Gasteiger partial charge on any atom is 0.250 e. The van der Waals surface area contributed by atoms with Crippen molar-refractivity contribution < 1.29 is 4.39 Å². The molecule has 0 aliphatic heterocycles. The van der Waals surface area contributed by atoms with Gasteiger partial charge in [0.25, 0.3) is 11.1 Å². The van der Waals surface area contributed by atoms with Gasteiger partial charge in [-0.05, 0) is 29.8 Å². The van der Waals surface area contributed by atoms with E-state index in [1.165, 1.54) is 33.4 Å². The second-order valence-electron chi connectivity index (χ2n) is 5.37. The van der Waals surface area contributed by atoms with Crippen molar-refractivity contribution in [1.82, 2.24) is 9.13 Å². The topological polar surface area (TPSA) is 44.0 Å². The minimum atomic E-state index is -0.464. The number of aromatic nitrogens is 2. The number of hydrogen-bond donors (Lipinski definition) is 0. The summed E-state index contributed by atoms with van der Waals surface area (Å²) in [7, 11) is 0. The summed E-state index contributed by atoms with van der Waals surface area (Å²) in [6.07, 6.45) is 3.21. The molecule has 0 aliphatic carbocycles.